The zero-order valence-corrected chi connectivity index (χ0v) is 20.5. The van der Waals surface area contributed by atoms with Crippen LogP contribution in [0.15, 0.2) is 64.6 Å². The lowest BCUT2D eigenvalue weighted by Gasteiger charge is -2.28. The first kappa shape index (κ1) is 23.6. The molecule has 0 unspecified atom stereocenters. The summed E-state index contributed by atoms with van der Waals surface area (Å²) in [5.74, 6) is 1.27. The second-order valence-corrected chi connectivity index (χ2v) is 9.75. The van der Waals surface area contributed by atoms with Gasteiger partial charge in [0.15, 0.2) is 0 Å². The fourth-order valence-corrected chi connectivity index (χ4v) is 4.72. The Morgan fingerprint density at radius 1 is 1.09 bits per heavy atom. The number of carbonyl (C=O) groups excluding carboxylic acids is 1. The first-order chi connectivity index (χ1) is 16.1. The van der Waals surface area contributed by atoms with Crippen LogP contribution >= 0.6 is 23.5 Å². The first-order valence-corrected chi connectivity index (χ1v) is 13.1. The van der Waals surface area contributed by atoms with E-state index in [1.165, 1.54) is 23.0 Å². The zero-order valence-electron chi connectivity index (χ0n) is 18.9. The normalized spacial score (nSPS) is 13.7. The van der Waals surface area contributed by atoms with Crippen molar-refractivity contribution < 1.29 is 9.53 Å². The molecule has 0 aliphatic carbocycles. The van der Waals surface area contributed by atoms with Gasteiger partial charge in [-0.3, -0.25) is 4.79 Å². The number of thioether (sulfide) groups is 1. The van der Waals surface area contributed by atoms with Crippen LogP contribution in [0.5, 0.6) is 0 Å². The standard InChI is InChI=1S/C25H28N4O2S2/c1-18-16-26-23(15-19-3-7-21(8-4-19)29-11-13-31-14-12-29)28-25(18)33-22-9-5-20(6-10-22)27-24(30)17-32-2/h3-10,16H,11-15,17H2,1-2H3,(H,27,30). The Bertz CT molecular complexity index is 1070. The molecule has 0 radical (unpaired) electrons. The van der Waals surface area contributed by atoms with Crippen molar-refractivity contribution in [2.75, 3.05) is 48.5 Å². The van der Waals surface area contributed by atoms with Crippen LogP contribution in [0.1, 0.15) is 17.0 Å². The van der Waals surface area contributed by atoms with E-state index in [4.69, 9.17) is 9.72 Å². The molecular formula is C25H28N4O2S2. The van der Waals surface area contributed by atoms with Gasteiger partial charge in [0.05, 0.1) is 19.0 Å². The number of hydrogen-bond acceptors (Lipinski definition) is 7. The summed E-state index contributed by atoms with van der Waals surface area (Å²) in [6.07, 6.45) is 4.50. The zero-order chi connectivity index (χ0) is 23.0. The van der Waals surface area contributed by atoms with Crippen LogP contribution in [0.25, 0.3) is 0 Å². The number of benzene rings is 2. The maximum atomic E-state index is 11.8. The SMILES string of the molecule is CSCC(=O)Nc1ccc(Sc2nc(Cc3ccc(N4CCOCC4)cc3)ncc2C)cc1. The Hall–Kier alpha value is -2.55. The van der Waals surface area contributed by atoms with Crippen molar-refractivity contribution in [1.82, 2.24) is 9.97 Å². The van der Waals surface area contributed by atoms with Crippen LogP contribution in [0.3, 0.4) is 0 Å². The lowest BCUT2D eigenvalue weighted by atomic mass is 10.1. The lowest BCUT2D eigenvalue weighted by molar-refractivity contribution is -0.113. The summed E-state index contributed by atoms with van der Waals surface area (Å²) in [6, 6.07) is 16.5. The average molecular weight is 481 g/mol. The summed E-state index contributed by atoms with van der Waals surface area (Å²) < 4.78 is 5.44. The minimum atomic E-state index is 0.0113. The second-order valence-electron chi connectivity index (χ2n) is 7.82. The van der Waals surface area contributed by atoms with Crippen molar-refractivity contribution in [3.63, 3.8) is 0 Å². The van der Waals surface area contributed by atoms with E-state index < -0.39 is 0 Å². The molecule has 6 nitrogen and oxygen atoms in total. The maximum Gasteiger partial charge on any atom is 0.234 e. The molecular weight excluding hydrogens is 452 g/mol. The third-order valence-electron chi connectivity index (χ3n) is 5.28. The van der Waals surface area contributed by atoms with Crippen molar-refractivity contribution in [2.45, 2.75) is 23.3 Å². The van der Waals surface area contributed by atoms with Crippen LogP contribution in [-0.2, 0) is 16.0 Å². The van der Waals surface area contributed by atoms with E-state index in [0.717, 1.165) is 53.3 Å². The molecule has 1 saturated heterocycles. The number of nitrogens with one attached hydrogen (secondary N) is 1. The van der Waals surface area contributed by atoms with Crippen LogP contribution in [0.4, 0.5) is 11.4 Å². The van der Waals surface area contributed by atoms with Crippen LogP contribution in [-0.4, -0.2) is 54.2 Å². The number of hydrogen-bond donors (Lipinski definition) is 1. The van der Waals surface area contributed by atoms with E-state index in [0.29, 0.717) is 12.2 Å². The maximum absolute atomic E-state index is 11.8. The van der Waals surface area contributed by atoms with Gasteiger partial charge >= 0.3 is 0 Å². The molecule has 8 heteroatoms. The summed E-state index contributed by atoms with van der Waals surface area (Å²) in [5, 5.41) is 3.85. The molecule has 2 heterocycles. The molecule has 1 aliphatic heterocycles. The number of rotatable bonds is 8. The van der Waals surface area contributed by atoms with Crippen molar-refractivity contribution in [2.24, 2.45) is 0 Å². The number of aromatic nitrogens is 2. The predicted octanol–water partition coefficient (Wildman–Crippen LogP) is 4.67. The Morgan fingerprint density at radius 3 is 2.52 bits per heavy atom. The Labute approximate surface area is 203 Å². The third kappa shape index (κ3) is 6.72. The van der Waals surface area contributed by atoms with Crippen LogP contribution < -0.4 is 10.2 Å². The van der Waals surface area contributed by atoms with Gasteiger partial charge in [-0.2, -0.15) is 11.8 Å². The number of nitrogens with zero attached hydrogens (tertiary/aromatic N) is 3. The van der Waals surface area contributed by atoms with Gasteiger partial charge in [-0.15, -0.1) is 0 Å². The molecule has 1 fully saturated rings. The molecule has 2 aromatic carbocycles. The van der Waals surface area contributed by atoms with Gasteiger partial charge < -0.3 is 15.0 Å². The van der Waals surface area contributed by atoms with Crippen molar-refractivity contribution in [1.29, 1.82) is 0 Å². The lowest BCUT2D eigenvalue weighted by Crippen LogP contribution is -2.36. The molecule has 4 rings (SSSR count). The number of amides is 1. The van der Waals surface area contributed by atoms with Gasteiger partial charge in [0.25, 0.3) is 0 Å². The molecule has 0 saturated carbocycles. The highest BCUT2D eigenvalue weighted by atomic mass is 32.2. The highest BCUT2D eigenvalue weighted by Crippen LogP contribution is 2.29. The van der Waals surface area contributed by atoms with E-state index >= 15 is 0 Å². The van der Waals surface area contributed by atoms with E-state index in [1.54, 1.807) is 11.8 Å². The van der Waals surface area contributed by atoms with E-state index in [2.05, 4.69) is 39.5 Å². The Balaban J connectivity index is 1.40. The minimum absolute atomic E-state index is 0.0113. The Morgan fingerprint density at radius 2 is 1.82 bits per heavy atom. The number of ether oxygens (including phenoxy) is 1. The molecule has 0 spiro atoms. The fraction of sp³-hybridized carbons (Fsp3) is 0.320. The van der Waals surface area contributed by atoms with Crippen molar-refractivity contribution in [3.05, 3.63) is 71.7 Å². The molecule has 1 aromatic heterocycles. The summed E-state index contributed by atoms with van der Waals surface area (Å²) in [6.45, 7) is 5.47. The fourth-order valence-electron chi connectivity index (χ4n) is 3.52. The van der Waals surface area contributed by atoms with Gasteiger partial charge in [-0.25, -0.2) is 9.97 Å². The number of anilines is 2. The van der Waals surface area contributed by atoms with E-state index in [1.807, 2.05) is 43.6 Å². The van der Waals surface area contributed by atoms with Crippen molar-refractivity contribution in [3.8, 4) is 0 Å². The van der Waals surface area contributed by atoms with Gasteiger partial charge in [0.1, 0.15) is 10.9 Å². The first-order valence-electron chi connectivity index (χ1n) is 10.9. The summed E-state index contributed by atoms with van der Waals surface area (Å²) >= 11 is 3.12. The topological polar surface area (TPSA) is 67.4 Å². The molecule has 172 valence electrons. The molecule has 3 aromatic rings. The average Bonchev–Trinajstić information content (AvgIpc) is 2.84. The second kappa shape index (κ2) is 11.5. The predicted molar refractivity (Wildman–Crippen MR) is 137 cm³/mol. The van der Waals surface area contributed by atoms with E-state index in [-0.39, 0.29) is 5.91 Å². The monoisotopic (exact) mass is 480 g/mol. The molecule has 1 N–H and O–H groups in total. The molecule has 33 heavy (non-hydrogen) atoms. The summed E-state index contributed by atoms with van der Waals surface area (Å²) in [7, 11) is 0. The summed E-state index contributed by atoms with van der Waals surface area (Å²) in [4.78, 5) is 24.6. The van der Waals surface area contributed by atoms with Gasteiger partial charge in [-0.1, -0.05) is 23.9 Å². The molecule has 0 atom stereocenters. The largest absolute Gasteiger partial charge is 0.378 e. The number of morpholine rings is 1. The van der Waals surface area contributed by atoms with Crippen LogP contribution in [0, 0.1) is 6.92 Å². The Kier molecular flexibility index (Phi) is 8.25. The van der Waals surface area contributed by atoms with Gasteiger partial charge in [0, 0.05) is 42.0 Å². The van der Waals surface area contributed by atoms with Crippen molar-refractivity contribution >= 4 is 40.8 Å². The highest BCUT2D eigenvalue weighted by molar-refractivity contribution is 7.99. The quantitative estimate of drug-likeness (QED) is 0.470. The third-order valence-corrected chi connectivity index (χ3v) is 6.94. The van der Waals surface area contributed by atoms with Gasteiger partial charge in [-0.05, 0) is 60.7 Å². The van der Waals surface area contributed by atoms with Gasteiger partial charge in [0.2, 0.25) is 5.91 Å². The number of aryl methyl sites for hydroxylation is 1. The number of carbonyl (C=O) groups is 1. The molecule has 0 bridgehead atoms. The highest BCUT2D eigenvalue weighted by Gasteiger charge is 2.12. The smallest absolute Gasteiger partial charge is 0.234 e. The van der Waals surface area contributed by atoms with E-state index in [9.17, 15) is 4.79 Å². The molecule has 1 aliphatic rings. The molecule has 1 amide bonds. The summed E-state index contributed by atoms with van der Waals surface area (Å²) in [5.41, 5.74) is 4.27. The van der Waals surface area contributed by atoms with Crippen LogP contribution in [0.2, 0.25) is 0 Å². The minimum Gasteiger partial charge on any atom is -0.378 e.